The topological polar surface area (TPSA) is 60.9 Å². The van der Waals surface area contributed by atoms with Gasteiger partial charge in [0.05, 0.1) is 25.3 Å². The van der Waals surface area contributed by atoms with Crippen LogP contribution in [0.4, 0.5) is 5.82 Å². The van der Waals surface area contributed by atoms with Gasteiger partial charge < -0.3 is 19.1 Å². The third-order valence-corrected chi connectivity index (χ3v) is 4.40. The third kappa shape index (κ3) is 4.90. The maximum Gasteiger partial charge on any atom is 0.339 e. The van der Waals surface area contributed by atoms with Gasteiger partial charge in [-0.25, -0.2) is 9.78 Å². The molecule has 1 fully saturated rings. The highest BCUT2D eigenvalue weighted by atomic mass is 16.5. The first-order chi connectivity index (χ1) is 13.2. The monoisotopic (exact) mass is 370 g/mol. The van der Waals surface area contributed by atoms with Gasteiger partial charge in [0, 0.05) is 12.7 Å². The Labute approximate surface area is 160 Å². The second-order valence-electron chi connectivity index (χ2n) is 6.33. The first kappa shape index (κ1) is 19.0. The third-order valence-electron chi connectivity index (χ3n) is 4.40. The van der Waals surface area contributed by atoms with Crippen molar-refractivity contribution >= 4 is 11.8 Å². The van der Waals surface area contributed by atoms with E-state index in [0.29, 0.717) is 18.8 Å². The molecule has 1 aromatic heterocycles. The van der Waals surface area contributed by atoms with Crippen molar-refractivity contribution in [2.75, 3.05) is 31.2 Å². The number of ether oxygens (including phenoxy) is 3. The van der Waals surface area contributed by atoms with Crippen molar-refractivity contribution in [2.45, 2.75) is 32.8 Å². The first-order valence-electron chi connectivity index (χ1n) is 9.47. The molecule has 1 atom stereocenters. The SMILES string of the molecule is CCOC(=O)c1ccc(N2CCCC(Oc3ccccc3OCC)C2)nc1. The van der Waals surface area contributed by atoms with Crippen LogP contribution in [0.1, 0.15) is 37.0 Å². The van der Waals surface area contributed by atoms with Gasteiger partial charge in [-0.3, -0.25) is 0 Å². The molecule has 3 rings (SSSR count). The second-order valence-corrected chi connectivity index (χ2v) is 6.33. The number of benzene rings is 1. The Morgan fingerprint density at radius 3 is 2.67 bits per heavy atom. The number of piperidine rings is 1. The van der Waals surface area contributed by atoms with E-state index in [1.165, 1.54) is 0 Å². The summed E-state index contributed by atoms with van der Waals surface area (Å²) in [7, 11) is 0. The zero-order valence-electron chi connectivity index (χ0n) is 15.9. The van der Waals surface area contributed by atoms with Crippen molar-refractivity contribution in [3.8, 4) is 11.5 Å². The lowest BCUT2D eigenvalue weighted by atomic mass is 10.1. The minimum Gasteiger partial charge on any atom is -0.490 e. The molecule has 6 heteroatoms. The van der Waals surface area contributed by atoms with E-state index in [9.17, 15) is 4.79 Å². The highest BCUT2D eigenvalue weighted by molar-refractivity contribution is 5.89. The largest absolute Gasteiger partial charge is 0.490 e. The number of carbonyl (C=O) groups excluding carboxylic acids is 1. The van der Waals surface area contributed by atoms with E-state index in [1.807, 2.05) is 37.3 Å². The fraction of sp³-hybridized carbons (Fsp3) is 0.429. The molecule has 6 nitrogen and oxygen atoms in total. The molecule has 144 valence electrons. The summed E-state index contributed by atoms with van der Waals surface area (Å²) >= 11 is 0. The highest BCUT2D eigenvalue weighted by Crippen LogP contribution is 2.29. The lowest BCUT2D eigenvalue weighted by molar-refractivity contribution is 0.0526. The Kier molecular flexibility index (Phi) is 6.52. The summed E-state index contributed by atoms with van der Waals surface area (Å²) in [5.41, 5.74) is 0.469. The lowest BCUT2D eigenvalue weighted by Gasteiger charge is -2.34. The molecule has 2 heterocycles. The van der Waals surface area contributed by atoms with Gasteiger partial charge >= 0.3 is 5.97 Å². The highest BCUT2D eigenvalue weighted by Gasteiger charge is 2.23. The number of hydrogen-bond donors (Lipinski definition) is 0. The van der Waals surface area contributed by atoms with E-state index < -0.39 is 0 Å². The van der Waals surface area contributed by atoms with E-state index in [4.69, 9.17) is 14.2 Å². The van der Waals surface area contributed by atoms with E-state index in [-0.39, 0.29) is 12.1 Å². The summed E-state index contributed by atoms with van der Waals surface area (Å²) in [6.07, 6.45) is 3.63. The first-order valence-corrected chi connectivity index (χ1v) is 9.47. The number of para-hydroxylation sites is 2. The summed E-state index contributed by atoms with van der Waals surface area (Å²) < 4.78 is 16.9. The van der Waals surface area contributed by atoms with Crippen LogP contribution in [0.2, 0.25) is 0 Å². The molecule has 0 spiro atoms. The average Bonchev–Trinajstić information content (AvgIpc) is 2.70. The fourth-order valence-corrected chi connectivity index (χ4v) is 3.15. The van der Waals surface area contributed by atoms with Crippen molar-refractivity contribution in [3.63, 3.8) is 0 Å². The van der Waals surface area contributed by atoms with E-state index in [0.717, 1.165) is 43.2 Å². The van der Waals surface area contributed by atoms with Crippen molar-refractivity contribution in [3.05, 3.63) is 48.2 Å². The summed E-state index contributed by atoms with van der Waals surface area (Å²) in [5, 5.41) is 0. The number of rotatable bonds is 7. The molecule has 27 heavy (non-hydrogen) atoms. The molecule has 0 bridgehead atoms. The van der Waals surface area contributed by atoms with Crippen molar-refractivity contribution in [1.29, 1.82) is 0 Å². The molecule has 1 unspecified atom stereocenters. The fourth-order valence-electron chi connectivity index (χ4n) is 3.15. The van der Waals surface area contributed by atoms with Gasteiger partial charge in [0.1, 0.15) is 11.9 Å². The minimum absolute atomic E-state index is 0.0619. The standard InChI is InChI=1S/C21H26N2O4/c1-3-25-18-9-5-6-10-19(18)27-17-8-7-13-23(15-17)20-12-11-16(14-22-20)21(24)26-4-2/h5-6,9-12,14,17H,3-4,7-8,13,15H2,1-2H3. The number of esters is 1. The van der Waals surface area contributed by atoms with Gasteiger partial charge in [0.2, 0.25) is 0 Å². The molecular formula is C21H26N2O4. The average molecular weight is 370 g/mol. The molecule has 0 amide bonds. The van der Waals surface area contributed by atoms with Crippen LogP contribution in [0.15, 0.2) is 42.6 Å². The zero-order chi connectivity index (χ0) is 19.1. The maximum absolute atomic E-state index is 11.8. The van der Waals surface area contributed by atoms with Gasteiger partial charge in [-0.05, 0) is 51.0 Å². The number of pyridine rings is 1. The zero-order valence-corrected chi connectivity index (χ0v) is 15.9. The van der Waals surface area contributed by atoms with Crippen LogP contribution >= 0.6 is 0 Å². The number of anilines is 1. The van der Waals surface area contributed by atoms with E-state index in [2.05, 4.69) is 9.88 Å². The van der Waals surface area contributed by atoms with Crippen molar-refractivity contribution in [1.82, 2.24) is 4.98 Å². The lowest BCUT2D eigenvalue weighted by Crippen LogP contribution is -2.41. The van der Waals surface area contributed by atoms with Crippen LogP contribution in [-0.2, 0) is 4.74 Å². The molecule has 0 saturated carbocycles. The van der Waals surface area contributed by atoms with Gasteiger partial charge in [-0.2, -0.15) is 0 Å². The summed E-state index contributed by atoms with van der Waals surface area (Å²) in [6, 6.07) is 11.4. The number of aromatic nitrogens is 1. The van der Waals surface area contributed by atoms with Crippen LogP contribution in [0.5, 0.6) is 11.5 Å². The van der Waals surface area contributed by atoms with Gasteiger partial charge in [-0.15, -0.1) is 0 Å². The second kappa shape index (κ2) is 9.26. The maximum atomic E-state index is 11.8. The molecule has 1 aliphatic rings. The normalized spacial score (nSPS) is 16.7. The Balaban J connectivity index is 1.65. The van der Waals surface area contributed by atoms with E-state index in [1.54, 1.807) is 19.2 Å². The number of carbonyl (C=O) groups is 1. The minimum atomic E-state index is -0.344. The van der Waals surface area contributed by atoms with Crippen molar-refractivity contribution < 1.29 is 19.0 Å². The Bertz CT molecular complexity index is 748. The van der Waals surface area contributed by atoms with Gasteiger partial charge in [0.25, 0.3) is 0 Å². The summed E-state index contributed by atoms with van der Waals surface area (Å²) in [4.78, 5) is 18.4. The number of nitrogens with zero attached hydrogens (tertiary/aromatic N) is 2. The molecule has 0 aliphatic carbocycles. The van der Waals surface area contributed by atoms with Gasteiger partial charge in [-0.1, -0.05) is 12.1 Å². The van der Waals surface area contributed by atoms with Crippen LogP contribution < -0.4 is 14.4 Å². The van der Waals surface area contributed by atoms with Crippen molar-refractivity contribution in [2.24, 2.45) is 0 Å². The molecule has 1 aromatic carbocycles. The van der Waals surface area contributed by atoms with Gasteiger partial charge in [0.15, 0.2) is 11.5 Å². The van der Waals surface area contributed by atoms with Crippen LogP contribution in [-0.4, -0.2) is 43.4 Å². The van der Waals surface area contributed by atoms with E-state index >= 15 is 0 Å². The Morgan fingerprint density at radius 1 is 1.15 bits per heavy atom. The molecule has 0 radical (unpaired) electrons. The Hall–Kier alpha value is -2.76. The molecule has 1 saturated heterocycles. The molecule has 1 aliphatic heterocycles. The molecular weight excluding hydrogens is 344 g/mol. The van der Waals surface area contributed by atoms with Crippen LogP contribution in [0.3, 0.4) is 0 Å². The quantitative estimate of drug-likeness (QED) is 0.693. The Morgan fingerprint density at radius 2 is 1.96 bits per heavy atom. The molecule has 0 N–H and O–H groups in total. The number of hydrogen-bond acceptors (Lipinski definition) is 6. The molecule has 2 aromatic rings. The summed E-state index contributed by atoms with van der Waals surface area (Å²) in [6.45, 7) is 6.37. The van der Waals surface area contributed by atoms with Crippen LogP contribution in [0, 0.1) is 0 Å². The van der Waals surface area contributed by atoms with Crippen LogP contribution in [0.25, 0.3) is 0 Å². The predicted molar refractivity (Wildman–Crippen MR) is 104 cm³/mol. The predicted octanol–water partition coefficient (Wildman–Crippen LogP) is 3.70. The smallest absolute Gasteiger partial charge is 0.339 e. The summed E-state index contributed by atoms with van der Waals surface area (Å²) in [5.74, 6) is 2.05.